The van der Waals surface area contributed by atoms with Crippen molar-refractivity contribution in [3.63, 3.8) is 0 Å². The Morgan fingerprint density at radius 3 is 2.97 bits per heavy atom. The highest BCUT2D eigenvalue weighted by Crippen LogP contribution is 2.35. The lowest BCUT2D eigenvalue weighted by Crippen LogP contribution is -2.40. The van der Waals surface area contributed by atoms with E-state index in [4.69, 9.17) is 14.6 Å². The number of likely N-dealkylation sites (tertiary alicyclic amines) is 1. The van der Waals surface area contributed by atoms with Crippen LogP contribution in [-0.2, 0) is 24.3 Å². The van der Waals surface area contributed by atoms with Crippen LogP contribution in [0.25, 0.3) is 0 Å². The molecular formula is C24H34N4O3. The van der Waals surface area contributed by atoms with E-state index in [2.05, 4.69) is 23.8 Å². The Morgan fingerprint density at radius 2 is 2.16 bits per heavy atom. The van der Waals surface area contributed by atoms with Crippen molar-refractivity contribution < 1.29 is 14.3 Å². The van der Waals surface area contributed by atoms with Crippen LogP contribution in [0.15, 0.2) is 30.3 Å². The molecule has 0 saturated carbocycles. The number of aromatic nitrogens is 2. The van der Waals surface area contributed by atoms with Crippen molar-refractivity contribution in [1.29, 1.82) is 0 Å². The summed E-state index contributed by atoms with van der Waals surface area (Å²) in [5.74, 6) is 1.44. The number of ether oxygens (including phenoxy) is 2. The Bertz CT molecular complexity index is 865. The molecule has 2 amide bonds. The Hall–Kier alpha value is -2.54. The van der Waals surface area contributed by atoms with E-state index in [-0.39, 0.29) is 12.1 Å². The minimum absolute atomic E-state index is 0.0193. The third-order valence-electron chi connectivity index (χ3n) is 6.07. The molecule has 1 aromatic carbocycles. The smallest absolute Gasteiger partial charge is 0.317 e. The van der Waals surface area contributed by atoms with Gasteiger partial charge in [0.1, 0.15) is 12.4 Å². The average molecular weight is 427 g/mol. The number of nitrogens with zero attached hydrogens (tertiary/aromatic N) is 3. The number of carbonyl (C=O) groups is 1. The molecule has 0 bridgehead atoms. The van der Waals surface area contributed by atoms with Crippen molar-refractivity contribution in [1.82, 2.24) is 20.0 Å². The Morgan fingerprint density at radius 1 is 1.32 bits per heavy atom. The first-order valence-corrected chi connectivity index (χ1v) is 11.5. The summed E-state index contributed by atoms with van der Waals surface area (Å²) in [4.78, 5) is 14.8. The van der Waals surface area contributed by atoms with Crippen LogP contribution < -0.4 is 10.1 Å². The summed E-state index contributed by atoms with van der Waals surface area (Å²) in [6.45, 7) is 8.36. The van der Waals surface area contributed by atoms with Gasteiger partial charge in [0, 0.05) is 30.8 Å². The summed E-state index contributed by atoms with van der Waals surface area (Å²) < 4.78 is 13.7. The molecule has 1 saturated heterocycles. The molecule has 31 heavy (non-hydrogen) atoms. The van der Waals surface area contributed by atoms with Gasteiger partial charge in [0.2, 0.25) is 0 Å². The summed E-state index contributed by atoms with van der Waals surface area (Å²) in [6, 6.07) is 9.90. The van der Waals surface area contributed by atoms with Gasteiger partial charge in [-0.1, -0.05) is 32.0 Å². The first-order valence-electron chi connectivity index (χ1n) is 11.5. The molecule has 7 heteroatoms. The lowest BCUT2D eigenvalue weighted by Gasteiger charge is -2.25. The average Bonchev–Trinajstić information content (AvgIpc) is 3.39. The van der Waals surface area contributed by atoms with Crippen LogP contribution >= 0.6 is 0 Å². The molecule has 2 aliphatic heterocycles. The van der Waals surface area contributed by atoms with Crippen molar-refractivity contribution in [2.75, 3.05) is 26.3 Å². The normalized spacial score (nSPS) is 18.3. The first-order chi connectivity index (χ1) is 15.1. The Balaban J connectivity index is 1.46. The van der Waals surface area contributed by atoms with Crippen LogP contribution in [0, 0.1) is 5.92 Å². The molecule has 7 nitrogen and oxygen atoms in total. The number of amides is 2. The summed E-state index contributed by atoms with van der Waals surface area (Å²) in [6.07, 6.45) is 3.79. The zero-order chi connectivity index (χ0) is 21.6. The maximum atomic E-state index is 12.8. The number of fused-ring (bicyclic) bond motifs is 1. The van der Waals surface area contributed by atoms with Gasteiger partial charge in [0.25, 0.3) is 0 Å². The molecule has 0 aliphatic carbocycles. The second-order valence-corrected chi connectivity index (χ2v) is 8.76. The predicted molar refractivity (Wildman–Crippen MR) is 119 cm³/mol. The summed E-state index contributed by atoms with van der Waals surface area (Å²) in [7, 11) is 0. The molecule has 1 N–H and O–H groups in total. The number of hydrogen-bond acceptors (Lipinski definition) is 4. The highest BCUT2D eigenvalue weighted by molar-refractivity contribution is 5.75. The first kappa shape index (κ1) is 21.7. The zero-order valence-corrected chi connectivity index (χ0v) is 18.7. The fourth-order valence-corrected chi connectivity index (χ4v) is 4.42. The standard InChI is InChI=1S/C24H34N4O3/c1-18(2)10-12-25-24(29)27-13-6-9-22(27)23-20-17-30-15-11-21(20)28(26-23)14-16-31-19-7-4-3-5-8-19/h3-5,7-8,18,22H,6,9-17H2,1-2H3,(H,25,29). The fraction of sp³-hybridized carbons (Fsp3) is 0.583. The van der Waals surface area contributed by atoms with Crippen LogP contribution in [0.1, 0.15) is 56.1 Å². The highest BCUT2D eigenvalue weighted by Gasteiger charge is 2.35. The third kappa shape index (κ3) is 5.21. The molecule has 4 rings (SSSR count). The van der Waals surface area contributed by atoms with Gasteiger partial charge < -0.3 is 19.7 Å². The zero-order valence-electron chi connectivity index (χ0n) is 18.7. The largest absolute Gasteiger partial charge is 0.492 e. The van der Waals surface area contributed by atoms with Crippen molar-refractivity contribution in [3.05, 3.63) is 47.3 Å². The van der Waals surface area contributed by atoms with E-state index in [1.165, 1.54) is 5.69 Å². The van der Waals surface area contributed by atoms with Crippen molar-refractivity contribution in [2.45, 2.75) is 58.7 Å². The van der Waals surface area contributed by atoms with Crippen molar-refractivity contribution in [2.24, 2.45) is 5.92 Å². The molecule has 2 aromatic rings. The summed E-state index contributed by atoms with van der Waals surface area (Å²) in [5.41, 5.74) is 3.40. The number of urea groups is 1. The fourth-order valence-electron chi connectivity index (χ4n) is 4.42. The van der Waals surface area contributed by atoms with Crippen LogP contribution in [0.5, 0.6) is 5.75 Å². The lowest BCUT2D eigenvalue weighted by molar-refractivity contribution is 0.107. The van der Waals surface area contributed by atoms with E-state index in [1.54, 1.807) is 0 Å². The molecule has 1 aromatic heterocycles. The monoisotopic (exact) mass is 426 g/mol. The van der Waals surface area contributed by atoms with Gasteiger partial charge in [0.05, 0.1) is 31.5 Å². The molecule has 0 radical (unpaired) electrons. The second kappa shape index (κ2) is 10.2. The van der Waals surface area contributed by atoms with E-state index < -0.39 is 0 Å². The number of benzene rings is 1. The Labute approximate surface area is 184 Å². The lowest BCUT2D eigenvalue weighted by atomic mass is 10.0. The molecule has 2 aliphatic rings. The molecule has 1 unspecified atom stereocenters. The van der Waals surface area contributed by atoms with E-state index in [0.717, 1.165) is 49.2 Å². The Kier molecular flexibility index (Phi) is 7.12. The van der Waals surface area contributed by atoms with Gasteiger partial charge in [-0.2, -0.15) is 5.10 Å². The molecule has 1 fully saturated rings. The van der Waals surface area contributed by atoms with Gasteiger partial charge in [0.15, 0.2) is 0 Å². The quantitative estimate of drug-likeness (QED) is 0.695. The van der Waals surface area contributed by atoms with Crippen LogP contribution in [-0.4, -0.2) is 47.0 Å². The van der Waals surface area contributed by atoms with Gasteiger partial charge in [-0.3, -0.25) is 4.68 Å². The SMILES string of the molecule is CC(C)CCNC(=O)N1CCCC1c1nn(CCOc2ccccc2)c2c1COCC2. The maximum absolute atomic E-state index is 12.8. The maximum Gasteiger partial charge on any atom is 0.317 e. The third-order valence-corrected chi connectivity index (χ3v) is 6.07. The van der Waals surface area contributed by atoms with Crippen molar-refractivity contribution >= 4 is 6.03 Å². The van der Waals surface area contributed by atoms with Gasteiger partial charge in [-0.15, -0.1) is 0 Å². The molecule has 3 heterocycles. The minimum atomic E-state index is 0.0193. The highest BCUT2D eigenvalue weighted by atomic mass is 16.5. The number of carbonyl (C=O) groups excluding carboxylic acids is 1. The minimum Gasteiger partial charge on any atom is -0.492 e. The van der Waals surface area contributed by atoms with E-state index >= 15 is 0 Å². The number of nitrogens with one attached hydrogen (secondary N) is 1. The molecular weight excluding hydrogens is 392 g/mol. The van der Waals surface area contributed by atoms with Gasteiger partial charge in [-0.05, 0) is 37.3 Å². The topological polar surface area (TPSA) is 68.6 Å². The van der Waals surface area contributed by atoms with Crippen LogP contribution in [0.3, 0.4) is 0 Å². The van der Waals surface area contributed by atoms with Crippen molar-refractivity contribution in [3.8, 4) is 5.75 Å². The van der Waals surface area contributed by atoms with Crippen LogP contribution in [0.4, 0.5) is 4.79 Å². The van der Waals surface area contributed by atoms with E-state index in [1.807, 2.05) is 35.2 Å². The number of para-hydroxylation sites is 1. The van der Waals surface area contributed by atoms with Crippen LogP contribution in [0.2, 0.25) is 0 Å². The number of hydrogen-bond donors (Lipinski definition) is 1. The van der Waals surface area contributed by atoms with E-state index in [9.17, 15) is 4.79 Å². The molecule has 1 atom stereocenters. The molecule has 0 spiro atoms. The second-order valence-electron chi connectivity index (χ2n) is 8.76. The number of rotatable bonds is 8. The van der Waals surface area contributed by atoms with E-state index in [0.29, 0.717) is 38.8 Å². The molecule has 168 valence electrons. The summed E-state index contributed by atoms with van der Waals surface area (Å²) in [5, 5.41) is 8.08. The summed E-state index contributed by atoms with van der Waals surface area (Å²) >= 11 is 0. The van der Waals surface area contributed by atoms with Gasteiger partial charge in [-0.25, -0.2) is 4.79 Å². The predicted octanol–water partition coefficient (Wildman–Crippen LogP) is 3.93. The van der Waals surface area contributed by atoms with Gasteiger partial charge >= 0.3 is 6.03 Å².